The van der Waals surface area contributed by atoms with Crippen LogP contribution in [0.15, 0.2) is 24.3 Å². The van der Waals surface area contributed by atoms with Crippen molar-refractivity contribution in [1.82, 2.24) is 15.3 Å². The fraction of sp³-hybridized carbons (Fsp3) is 0.522. The minimum Gasteiger partial charge on any atom is -0.376 e. The Balaban J connectivity index is 1.84. The average Bonchev–Trinajstić information content (AvgIpc) is 3.19. The van der Waals surface area contributed by atoms with Gasteiger partial charge in [0, 0.05) is 24.9 Å². The van der Waals surface area contributed by atoms with Gasteiger partial charge in [0.2, 0.25) is 0 Å². The van der Waals surface area contributed by atoms with Crippen molar-refractivity contribution in [2.24, 2.45) is 0 Å². The van der Waals surface area contributed by atoms with E-state index < -0.39 is 0 Å². The summed E-state index contributed by atoms with van der Waals surface area (Å²) < 4.78 is 5.58. The molecule has 1 unspecified atom stereocenters. The van der Waals surface area contributed by atoms with Gasteiger partial charge in [-0.1, -0.05) is 45.9 Å². The van der Waals surface area contributed by atoms with E-state index >= 15 is 0 Å². The SMILES string of the molecule is Cc1nc(Nc2c(C(C)C)cccc2C(C)C)cc(C(=O)NCC2CCCO2)n1. The van der Waals surface area contributed by atoms with Gasteiger partial charge in [-0.2, -0.15) is 0 Å². The van der Waals surface area contributed by atoms with Gasteiger partial charge in [-0.15, -0.1) is 0 Å². The minimum absolute atomic E-state index is 0.103. The molecule has 2 N–H and O–H groups in total. The van der Waals surface area contributed by atoms with Crippen molar-refractivity contribution in [3.63, 3.8) is 0 Å². The van der Waals surface area contributed by atoms with Crippen LogP contribution < -0.4 is 10.6 Å². The summed E-state index contributed by atoms with van der Waals surface area (Å²) in [5.74, 6) is 1.73. The molecule has 1 aromatic heterocycles. The van der Waals surface area contributed by atoms with Crippen LogP contribution >= 0.6 is 0 Å². The van der Waals surface area contributed by atoms with Crippen LogP contribution in [-0.4, -0.2) is 35.1 Å². The number of anilines is 2. The summed E-state index contributed by atoms with van der Waals surface area (Å²) in [6.45, 7) is 11.8. The number of benzene rings is 1. The van der Waals surface area contributed by atoms with E-state index in [-0.39, 0.29) is 12.0 Å². The van der Waals surface area contributed by atoms with Crippen LogP contribution in [-0.2, 0) is 4.74 Å². The van der Waals surface area contributed by atoms with Crippen LogP contribution in [0.25, 0.3) is 0 Å². The van der Waals surface area contributed by atoms with Crippen molar-refractivity contribution < 1.29 is 9.53 Å². The van der Waals surface area contributed by atoms with Gasteiger partial charge in [0.25, 0.3) is 5.91 Å². The van der Waals surface area contributed by atoms with Gasteiger partial charge in [-0.3, -0.25) is 4.79 Å². The highest BCUT2D eigenvalue weighted by Crippen LogP contribution is 2.34. The molecular weight excluding hydrogens is 364 g/mol. The lowest BCUT2D eigenvalue weighted by molar-refractivity contribution is 0.0853. The summed E-state index contributed by atoms with van der Waals surface area (Å²) in [4.78, 5) is 21.5. The molecule has 1 atom stereocenters. The summed E-state index contributed by atoms with van der Waals surface area (Å²) in [5, 5.41) is 6.42. The van der Waals surface area contributed by atoms with Gasteiger partial charge < -0.3 is 15.4 Å². The lowest BCUT2D eigenvalue weighted by atomic mass is 9.92. The number of aromatic nitrogens is 2. The van der Waals surface area contributed by atoms with Gasteiger partial charge in [0.05, 0.1) is 6.10 Å². The number of amides is 1. The number of nitrogens with one attached hydrogen (secondary N) is 2. The van der Waals surface area contributed by atoms with E-state index in [4.69, 9.17) is 4.74 Å². The predicted molar refractivity (Wildman–Crippen MR) is 116 cm³/mol. The van der Waals surface area contributed by atoms with E-state index in [1.807, 2.05) is 0 Å². The Morgan fingerprint density at radius 3 is 2.45 bits per heavy atom. The quantitative estimate of drug-likeness (QED) is 0.710. The molecule has 0 aliphatic carbocycles. The molecule has 1 aromatic carbocycles. The number of hydrogen-bond donors (Lipinski definition) is 2. The zero-order chi connectivity index (χ0) is 21.0. The largest absolute Gasteiger partial charge is 0.376 e. The van der Waals surface area contributed by atoms with Crippen LogP contribution in [0, 0.1) is 6.92 Å². The maximum atomic E-state index is 12.6. The number of rotatable bonds is 7. The summed E-state index contributed by atoms with van der Waals surface area (Å²) in [6.07, 6.45) is 2.14. The Hall–Kier alpha value is -2.47. The topological polar surface area (TPSA) is 76.1 Å². The smallest absolute Gasteiger partial charge is 0.270 e. The lowest BCUT2D eigenvalue weighted by Gasteiger charge is -2.21. The number of para-hydroxylation sites is 1. The first-order valence-corrected chi connectivity index (χ1v) is 10.5. The van der Waals surface area contributed by atoms with Crippen LogP contribution in [0.1, 0.15) is 79.8 Å². The molecule has 2 heterocycles. The van der Waals surface area contributed by atoms with Crippen LogP contribution in [0.2, 0.25) is 0 Å². The maximum absolute atomic E-state index is 12.6. The Bertz CT molecular complexity index is 832. The predicted octanol–water partition coefficient (Wildman–Crippen LogP) is 4.68. The van der Waals surface area contributed by atoms with E-state index in [1.54, 1.807) is 13.0 Å². The molecule has 0 radical (unpaired) electrons. The average molecular weight is 397 g/mol. The molecular formula is C23H32N4O2. The molecule has 6 heteroatoms. The zero-order valence-corrected chi connectivity index (χ0v) is 18.1. The number of hydrogen-bond acceptors (Lipinski definition) is 5. The van der Waals surface area contributed by atoms with Crippen molar-refractivity contribution in [2.75, 3.05) is 18.5 Å². The highest BCUT2D eigenvalue weighted by atomic mass is 16.5. The number of ether oxygens (including phenoxy) is 1. The molecule has 1 aliphatic heterocycles. The minimum atomic E-state index is -0.199. The summed E-state index contributed by atoms with van der Waals surface area (Å²) >= 11 is 0. The Morgan fingerprint density at radius 1 is 1.17 bits per heavy atom. The first-order chi connectivity index (χ1) is 13.8. The maximum Gasteiger partial charge on any atom is 0.270 e. The Labute approximate surface area is 173 Å². The van der Waals surface area contributed by atoms with E-state index in [9.17, 15) is 4.79 Å². The van der Waals surface area contributed by atoms with Crippen molar-refractivity contribution in [3.05, 3.63) is 46.9 Å². The highest BCUT2D eigenvalue weighted by Gasteiger charge is 2.19. The van der Waals surface area contributed by atoms with Gasteiger partial charge in [-0.25, -0.2) is 9.97 Å². The zero-order valence-electron chi connectivity index (χ0n) is 18.1. The number of carbonyl (C=O) groups excluding carboxylic acids is 1. The molecule has 156 valence electrons. The van der Waals surface area contributed by atoms with Gasteiger partial charge in [-0.05, 0) is 42.7 Å². The third-order valence-corrected chi connectivity index (χ3v) is 5.21. The van der Waals surface area contributed by atoms with Crippen molar-refractivity contribution in [3.8, 4) is 0 Å². The highest BCUT2D eigenvalue weighted by molar-refractivity contribution is 5.93. The van der Waals surface area contributed by atoms with Crippen molar-refractivity contribution in [2.45, 2.75) is 65.4 Å². The lowest BCUT2D eigenvalue weighted by Crippen LogP contribution is -2.32. The third kappa shape index (κ3) is 5.32. The van der Waals surface area contributed by atoms with Crippen molar-refractivity contribution in [1.29, 1.82) is 0 Å². The standard InChI is InChI=1S/C23H32N4O2/c1-14(2)18-9-6-10-19(15(3)4)22(18)27-21-12-20(25-16(5)26-21)23(28)24-13-17-8-7-11-29-17/h6,9-10,12,14-15,17H,7-8,11,13H2,1-5H3,(H,24,28)(H,25,26,27). The molecule has 2 aromatic rings. The van der Waals surface area contributed by atoms with Gasteiger partial charge in [0.1, 0.15) is 17.3 Å². The van der Waals surface area contributed by atoms with E-state index in [1.165, 1.54) is 11.1 Å². The molecule has 1 aliphatic rings. The first kappa shape index (κ1) is 21.2. The van der Waals surface area contributed by atoms with Crippen LogP contribution in [0.3, 0.4) is 0 Å². The molecule has 0 saturated carbocycles. The Morgan fingerprint density at radius 2 is 1.86 bits per heavy atom. The van der Waals surface area contributed by atoms with Crippen LogP contribution in [0.4, 0.5) is 11.5 Å². The van der Waals surface area contributed by atoms with Crippen LogP contribution in [0.5, 0.6) is 0 Å². The van der Waals surface area contributed by atoms with Gasteiger partial charge in [0.15, 0.2) is 0 Å². The summed E-state index contributed by atoms with van der Waals surface area (Å²) in [7, 11) is 0. The third-order valence-electron chi connectivity index (χ3n) is 5.21. The fourth-order valence-corrected chi connectivity index (χ4v) is 3.67. The normalized spacial score (nSPS) is 16.4. The second-order valence-electron chi connectivity index (χ2n) is 8.28. The number of aryl methyl sites for hydroxylation is 1. The monoisotopic (exact) mass is 396 g/mol. The molecule has 0 spiro atoms. The molecule has 6 nitrogen and oxygen atoms in total. The number of carbonyl (C=O) groups is 1. The molecule has 0 bridgehead atoms. The van der Waals surface area contributed by atoms with Gasteiger partial charge >= 0.3 is 0 Å². The molecule has 1 saturated heterocycles. The molecule has 3 rings (SSSR count). The fourth-order valence-electron chi connectivity index (χ4n) is 3.67. The number of nitrogens with zero attached hydrogens (tertiary/aromatic N) is 2. The molecule has 1 amide bonds. The van der Waals surface area contributed by atoms with E-state index in [0.29, 0.717) is 35.7 Å². The van der Waals surface area contributed by atoms with E-state index in [2.05, 4.69) is 66.5 Å². The second kappa shape index (κ2) is 9.35. The summed E-state index contributed by atoms with van der Waals surface area (Å²) in [5.41, 5.74) is 3.90. The Kier molecular flexibility index (Phi) is 6.85. The molecule has 1 fully saturated rings. The first-order valence-electron chi connectivity index (χ1n) is 10.5. The van der Waals surface area contributed by atoms with Crippen molar-refractivity contribution >= 4 is 17.4 Å². The second-order valence-corrected chi connectivity index (χ2v) is 8.28. The van der Waals surface area contributed by atoms with E-state index in [0.717, 1.165) is 25.1 Å². The molecule has 29 heavy (non-hydrogen) atoms. The summed E-state index contributed by atoms with van der Waals surface area (Å²) in [6, 6.07) is 8.11.